The molecular formula is C15H13Cl2NO3. The van der Waals surface area contributed by atoms with Gasteiger partial charge in [-0.3, -0.25) is 10.1 Å². The normalized spacial score (nSPS) is 10.4. The number of alkyl halides is 1. The highest BCUT2D eigenvalue weighted by molar-refractivity contribution is 6.31. The Bertz CT molecular complexity index is 674. The van der Waals surface area contributed by atoms with E-state index in [4.69, 9.17) is 27.9 Å². The molecule has 0 saturated carbocycles. The number of nitro benzene ring substituents is 1. The summed E-state index contributed by atoms with van der Waals surface area (Å²) in [7, 11) is 0. The number of benzene rings is 2. The number of nitrogens with zero attached hydrogens (tertiary/aromatic N) is 1. The maximum absolute atomic E-state index is 11.0. The van der Waals surface area contributed by atoms with E-state index >= 15 is 0 Å². The molecule has 4 nitrogen and oxygen atoms in total. The van der Waals surface area contributed by atoms with Gasteiger partial charge in [-0.25, -0.2) is 0 Å². The number of para-hydroxylation sites is 1. The van der Waals surface area contributed by atoms with Gasteiger partial charge in [0.25, 0.3) is 5.69 Å². The lowest BCUT2D eigenvalue weighted by atomic mass is 10.1. The highest BCUT2D eigenvalue weighted by Gasteiger charge is 2.18. The lowest BCUT2D eigenvalue weighted by molar-refractivity contribution is -0.385. The van der Waals surface area contributed by atoms with Gasteiger partial charge in [0.15, 0.2) is 0 Å². The van der Waals surface area contributed by atoms with E-state index in [1.807, 2.05) is 25.1 Å². The zero-order valence-electron chi connectivity index (χ0n) is 11.3. The van der Waals surface area contributed by atoms with Gasteiger partial charge < -0.3 is 4.74 Å². The second-order valence-electron chi connectivity index (χ2n) is 4.48. The summed E-state index contributed by atoms with van der Waals surface area (Å²) in [6.07, 6.45) is 0. The van der Waals surface area contributed by atoms with Crippen LogP contribution >= 0.6 is 23.2 Å². The summed E-state index contributed by atoms with van der Waals surface area (Å²) >= 11 is 11.9. The largest absolute Gasteiger partial charge is 0.488 e. The summed E-state index contributed by atoms with van der Waals surface area (Å²) in [6, 6.07) is 10.2. The Labute approximate surface area is 132 Å². The van der Waals surface area contributed by atoms with Crippen LogP contribution in [-0.4, -0.2) is 4.92 Å². The van der Waals surface area contributed by atoms with Gasteiger partial charge in [-0.1, -0.05) is 35.9 Å². The summed E-state index contributed by atoms with van der Waals surface area (Å²) in [5.41, 5.74) is 2.06. The fourth-order valence-electron chi connectivity index (χ4n) is 2.03. The van der Waals surface area contributed by atoms with E-state index in [2.05, 4.69) is 0 Å². The second-order valence-corrected chi connectivity index (χ2v) is 5.15. The van der Waals surface area contributed by atoms with Crippen LogP contribution < -0.4 is 4.74 Å². The first-order valence-electron chi connectivity index (χ1n) is 6.23. The highest BCUT2D eigenvalue weighted by atomic mass is 35.5. The fraction of sp³-hybridized carbons (Fsp3) is 0.200. The molecule has 0 bridgehead atoms. The van der Waals surface area contributed by atoms with E-state index in [1.54, 1.807) is 12.1 Å². The number of rotatable bonds is 5. The maximum atomic E-state index is 11.0. The van der Waals surface area contributed by atoms with E-state index in [0.717, 1.165) is 11.1 Å². The number of halogens is 2. The smallest absolute Gasteiger partial charge is 0.277 e. The summed E-state index contributed by atoms with van der Waals surface area (Å²) < 4.78 is 5.74. The van der Waals surface area contributed by atoms with Crippen LogP contribution in [0.4, 0.5) is 5.69 Å². The van der Waals surface area contributed by atoms with Crippen LogP contribution in [0, 0.1) is 17.0 Å². The minimum Gasteiger partial charge on any atom is -0.488 e. The minimum atomic E-state index is -0.467. The molecule has 2 rings (SSSR count). The molecular weight excluding hydrogens is 313 g/mol. The molecule has 0 spiro atoms. The van der Waals surface area contributed by atoms with Crippen molar-refractivity contribution in [2.75, 3.05) is 0 Å². The predicted molar refractivity (Wildman–Crippen MR) is 83.2 cm³/mol. The van der Waals surface area contributed by atoms with Crippen LogP contribution in [0.2, 0.25) is 5.02 Å². The third-order valence-electron chi connectivity index (χ3n) is 3.09. The van der Waals surface area contributed by atoms with E-state index < -0.39 is 4.92 Å². The lowest BCUT2D eigenvalue weighted by Gasteiger charge is -2.13. The second kappa shape index (κ2) is 6.78. The monoisotopic (exact) mass is 325 g/mol. The number of ether oxygens (including phenoxy) is 1. The van der Waals surface area contributed by atoms with Gasteiger partial charge in [-0.15, -0.1) is 11.6 Å². The third kappa shape index (κ3) is 3.46. The molecule has 0 heterocycles. The minimum absolute atomic E-state index is 0.0186. The van der Waals surface area contributed by atoms with Crippen molar-refractivity contribution >= 4 is 28.9 Å². The van der Waals surface area contributed by atoms with Crippen LogP contribution in [0.15, 0.2) is 36.4 Å². The van der Waals surface area contributed by atoms with Gasteiger partial charge in [0.1, 0.15) is 12.4 Å². The molecule has 0 aliphatic rings. The Hall–Kier alpha value is -1.78. The Balaban J connectivity index is 2.31. The van der Waals surface area contributed by atoms with E-state index in [1.165, 1.54) is 6.07 Å². The van der Waals surface area contributed by atoms with Crippen LogP contribution in [0.5, 0.6) is 5.75 Å². The molecule has 0 unspecified atom stereocenters. The SMILES string of the molecule is Cc1cccc(CCl)c1OCc1c(Cl)cccc1[N+](=O)[O-]. The van der Waals surface area contributed by atoms with E-state index in [-0.39, 0.29) is 12.3 Å². The first-order valence-corrected chi connectivity index (χ1v) is 7.15. The fourth-order valence-corrected chi connectivity index (χ4v) is 2.47. The predicted octanol–water partition coefficient (Wildman–Crippen LogP) is 4.87. The molecule has 0 aromatic heterocycles. The average molecular weight is 326 g/mol. The summed E-state index contributed by atoms with van der Waals surface area (Å²) in [6.45, 7) is 1.91. The number of hydrogen-bond donors (Lipinski definition) is 0. The standard InChI is InChI=1S/C15H13Cl2NO3/c1-10-4-2-5-11(8-16)15(10)21-9-12-13(17)6-3-7-14(12)18(19)20/h2-7H,8-9H2,1H3. The Kier molecular flexibility index (Phi) is 5.04. The molecule has 6 heteroatoms. The molecule has 0 fully saturated rings. The first kappa shape index (κ1) is 15.6. The van der Waals surface area contributed by atoms with Crippen molar-refractivity contribution < 1.29 is 9.66 Å². The summed E-state index contributed by atoms with van der Waals surface area (Å²) in [5, 5.41) is 11.4. The van der Waals surface area contributed by atoms with Gasteiger partial charge in [0.05, 0.1) is 21.4 Å². The zero-order valence-corrected chi connectivity index (χ0v) is 12.8. The Morgan fingerprint density at radius 2 is 1.95 bits per heavy atom. The molecule has 0 amide bonds. The lowest BCUT2D eigenvalue weighted by Crippen LogP contribution is -2.03. The van der Waals surface area contributed by atoms with Crippen LogP contribution in [0.1, 0.15) is 16.7 Å². The zero-order chi connectivity index (χ0) is 15.4. The molecule has 2 aromatic carbocycles. The molecule has 0 aliphatic carbocycles. The number of hydrogen-bond acceptors (Lipinski definition) is 3. The van der Waals surface area contributed by atoms with E-state index in [0.29, 0.717) is 22.2 Å². The van der Waals surface area contributed by atoms with E-state index in [9.17, 15) is 10.1 Å². The molecule has 0 saturated heterocycles. The quantitative estimate of drug-likeness (QED) is 0.447. The summed E-state index contributed by atoms with van der Waals surface area (Å²) in [4.78, 5) is 10.6. The third-order valence-corrected chi connectivity index (χ3v) is 3.73. The maximum Gasteiger partial charge on any atom is 0.277 e. The summed E-state index contributed by atoms with van der Waals surface area (Å²) in [5.74, 6) is 0.948. The Morgan fingerprint density at radius 1 is 1.24 bits per heavy atom. The molecule has 2 aromatic rings. The average Bonchev–Trinajstić information content (AvgIpc) is 2.46. The van der Waals surface area contributed by atoms with Crippen molar-refractivity contribution in [3.8, 4) is 5.75 Å². The van der Waals surface area contributed by atoms with Crippen molar-refractivity contribution in [2.45, 2.75) is 19.4 Å². The van der Waals surface area contributed by atoms with Crippen LogP contribution in [0.25, 0.3) is 0 Å². The number of nitro groups is 1. The molecule has 0 radical (unpaired) electrons. The molecule has 0 aliphatic heterocycles. The van der Waals surface area contributed by atoms with Gasteiger partial charge in [-0.2, -0.15) is 0 Å². The van der Waals surface area contributed by atoms with Gasteiger partial charge in [-0.05, 0) is 18.6 Å². The van der Waals surface area contributed by atoms with Gasteiger partial charge >= 0.3 is 0 Å². The van der Waals surface area contributed by atoms with Crippen LogP contribution in [0.3, 0.4) is 0 Å². The van der Waals surface area contributed by atoms with Crippen molar-refractivity contribution in [1.82, 2.24) is 0 Å². The molecule has 0 N–H and O–H groups in total. The van der Waals surface area contributed by atoms with Gasteiger partial charge in [0, 0.05) is 11.6 Å². The van der Waals surface area contributed by atoms with Crippen molar-refractivity contribution in [1.29, 1.82) is 0 Å². The van der Waals surface area contributed by atoms with Crippen LogP contribution in [-0.2, 0) is 12.5 Å². The van der Waals surface area contributed by atoms with Crippen molar-refractivity contribution in [3.63, 3.8) is 0 Å². The first-order chi connectivity index (χ1) is 10.0. The highest BCUT2D eigenvalue weighted by Crippen LogP contribution is 2.30. The van der Waals surface area contributed by atoms with Crippen molar-refractivity contribution in [3.05, 3.63) is 68.2 Å². The van der Waals surface area contributed by atoms with Gasteiger partial charge in [0.2, 0.25) is 0 Å². The molecule has 21 heavy (non-hydrogen) atoms. The topological polar surface area (TPSA) is 52.4 Å². The molecule has 110 valence electrons. The molecule has 0 atom stereocenters. The Morgan fingerprint density at radius 3 is 2.62 bits per heavy atom. The number of aryl methyl sites for hydroxylation is 1. The van der Waals surface area contributed by atoms with Crippen molar-refractivity contribution in [2.24, 2.45) is 0 Å².